The lowest BCUT2D eigenvalue weighted by Crippen LogP contribution is -2.45. The minimum atomic E-state index is 0.00263. The molecule has 4 heteroatoms. The first-order valence-electron chi connectivity index (χ1n) is 9.94. The van der Waals surface area contributed by atoms with E-state index < -0.39 is 0 Å². The molecule has 1 aliphatic heterocycles. The van der Waals surface area contributed by atoms with Crippen LogP contribution in [0.3, 0.4) is 0 Å². The summed E-state index contributed by atoms with van der Waals surface area (Å²) >= 11 is 0. The van der Waals surface area contributed by atoms with Crippen LogP contribution < -0.4 is 16.5 Å². The molecule has 0 amide bonds. The number of fused-ring (bicyclic) bond motifs is 2. The van der Waals surface area contributed by atoms with E-state index in [1.165, 1.54) is 5.56 Å². The van der Waals surface area contributed by atoms with Gasteiger partial charge in [0.1, 0.15) is 0 Å². The molecule has 28 heavy (non-hydrogen) atoms. The Labute approximate surface area is 169 Å². The maximum atomic E-state index is 6.80. The van der Waals surface area contributed by atoms with Gasteiger partial charge in [0.05, 0.1) is 11.4 Å². The van der Waals surface area contributed by atoms with Crippen LogP contribution in [0.1, 0.15) is 51.3 Å². The third kappa shape index (κ3) is 3.61. The number of hydrogen-bond acceptors (Lipinski definition) is 4. The molecule has 1 heterocycles. The van der Waals surface area contributed by atoms with Crippen molar-refractivity contribution in [3.8, 4) is 0 Å². The SMILES string of the molecule is CN1Cc2ccccc2/C(N(N)CC(C)(C)C(C)(C)C)=C(/N)c2ccccc21. The molecule has 150 valence electrons. The summed E-state index contributed by atoms with van der Waals surface area (Å²) in [5.74, 6) is 6.73. The molecule has 0 saturated carbocycles. The van der Waals surface area contributed by atoms with Crippen LogP contribution in [0.15, 0.2) is 48.5 Å². The van der Waals surface area contributed by atoms with E-state index in [1.807, 2.05) is 11.1 Å². The van der Waals surface area contributed by atoms with Crippen LogP contribution in [0.5, 0.6) is 0 Å². The zero-order chi connectivity index (χ0) is 20.7. The van der Waals surface area contributed by atoms with E-state index in [0.29, 0.717) is 6.54 Å². The van der Waals surface area contributed by atoms with Crippen LogP contribution in [0.4, 0.5) is 5.69 Å². The van der Waals surface area contributed by atoms with Gasteiger partial charge in [0.25, 0.3) is 0 Å². The molecule has 4 nitrogen and oxygen atoms in total. The highest BCUT2D eigenvalue weighted by atomic mass is 15.4. The van der Waals surface area contributed by atoms with Crippen LogP contribution in [-0.4, -0.2) is 18.6 Å². The molecule has 4 N–H and O–H groups in total. The predicted octanol–water partition coefficient (Wildman–Crippen LogP) is 4.67. The van der Waals surface area contributed by atoms with E-state index >= 15 is 0 Å². The van der Waals surface area contributed by atoms with Gasteiger partial charge in [-0.05, 0) is 22.5 Å². The van der Waals surface area contributed by atoms with E-state index in [-0.39, 0.29) is 10.8 Å². The zero-order valence-corrected chi connectivity index (χ0v) is 18.1. The van der Waals surface area contributed by atoms with E-state index in [0.717, 1.165) is 34.8 Å². The Kier molecular flexibility index (Phi) is 5.20. The van der Waals surface area contributed by atoms with Gasteiger partial charge in [-0.2, -0.15) is 0 Å². The average Bonchev–Trinajstić information content (AvgIpc) is 2.61. The number of nitrogens with zero attached hydrogens (tertiary/aromatic N) is 2. The summed E-state index contributed by atoms with van der Waals surface area (Å²) in [4.78, 5) is 2.25. The number of anilines is 1. The topological polar surface area (TPSA) is 58.5 Å². The van der Waals surface area contributed by atoms with Crippen molar-refractivity contribution >= 4 is 17.1 Å². The Morgan fingerprint density at radius 2 is 1.50 bits per heavy atom. The van der Waals surface area contributed by atoms with Crippen LogP contribution in [0, 0.1) is 10.8 Å². The molecule has 2 aromatic carbocycles. The van der Waals surface area contributed by atoms with Crippen molar-refractivity contribution in [1.82, 2.24) is 5.01 Å². The van der Waals surface area contributed by atoms with Gasteiger partial charge in [-0.15, -0.1) is 0 Å². The number of nitrogens with two attached hydrogens (primary N) is 2. The molecule has 1 aliphatic rings. The highest BCUT2D eigenvalue weighted by Crippen LogP contribution is 2.41. The fourth-order valence-electron chi connectivity index (χ4n) is 3.59. The molecule has 0 fully saturated rings. The quantitative estimate of drug-likeness (QED) is 0.602. The summed E-state index contributed by atoms with van der Waals surface area (Å²) in [6, 6.07) is 16.7. The number of hydrogen-bond donors (Lipinski definition) is 2. The lowest BCUT2D eigenvalue weighted by molar-refractivity contribution is 0.0945. The van der Waals surface area contributed by atoms with Crippen LogP contribution >= 0.6 is 0 Å². The Morgan fingerprint density at radius 1 is 0.929 bits per heavy atom. The minimum Gasteiger partial charge on any atom is -0.396 e. The standard InChI is InChI=1S/C24H34N4/c1-23(2,3)24(4,5)16-28(26)22-18-12-8-7-11-17(18)15-27(6)20-14-10-9-13-19(20)21(22)25/h7-14H,15-16,25-26H2,1-6H3/b22-21-. The maximum absolute atomic E-state index is 6.80. The lowest BCUT2D eigenvalue weighted by Gasteiger charge is -2.43. The van der Waals surface area contributed by atoms with Gasteiger partial charge in [-0.3, -0.25) is 0 Å². The van der Waals surface area contributed by atoms with Gasteiger partial charge >= 0.3 is 0 Å². The fraction of sp³-hybridized carbons (Fsp3) is 0.417. The Bertz CT molecular complexity index is 889. The molecular formula is C24H34N4. The van der Waals surface area contributed by atoms with Crippen molar-refractivity contribution in [2.24, 2.45) is 22.4 Å². The van der Waals surface area contributed by atoms with Gasteiger partial charge in [0.2, 0.25) is 0 Å². The molecule has 0 saturated heterocycles. The molecule has 0 radical (unpaired) electrons. The summed E-state index contributed by atoms with van der Waals surface area (Å²) < 4.78 is 0. The second-order valence-electron chi connectivity index (χ2n) is 9.55. The molecule has 0 aliphatic carbocycles. The fourth-order valence-corrected chi connectivity index (χ4v) is 3.59. The third-order valence-electron chi connectivity index (χ3n) is 6.42. The van der Waals surface area contributed by atoms with Crippen LogP contribution in [0.2, 0.25) is 0 Å². The molecular weight excluding hydrogens is 344 g/mol. The van der Waals surface area contributed by atoms with Crippen LogP contribution in [-0.2, 0) is 6.54 Å². The first kappa shape index (κ1) is 20.3. The summed E-state index contributed by atoms with van der Waals surface area (Å²) in [5.41, 5.74) is 13.0. The minimum absolute atomic E-state index is 0.00263. The summed E-state index contributed by atoms with van der Waals surface area (Å²) in [7, 11) is 2.11. The van der Waals surface area contributed by atoms with Crippen molar-refractivity contribution in [2.75, 3.05) is 18.5 Å². The molecule has 0 aromatic heterocycles. The number of benzene rings is 2. The van der Waals surface area contributed by atoms with Crippen molar-refractivity contribution < 1.29 is 0 Å². The molecule has 3 rings (SSSR count). The Morgan fingerprint density at radius 3 is 2.14 bits per heavy atom. The van der Waals surface area contributed by atoms with Crippen molar-refractivity contribution in [1.29, 1.82) is 0 Å². The monoisotopic (exact) mass is 378 g/mol. The van der Waals surface area contributed by atoms with Gasteiger partial charge in [-0.1, -0.05) is 77.1 Å². The lowest BCUT2D eigenvalue weighted by atomic mass is 9.69. The second-order valence-corrected chi connectivity index (χ2v) is 9.55. The molecule has 2 aromatic rings. The van der Waals surface area contributed by atoms with Crippen molar-refractivity contribution in [2.45, 2.75) is 41.2 Å². The van der Waals surface area contributed by atoms with E-state index in [1.54, 1.807) is 0 Å². The third-order valence-corrected chi connectivity index (χ3v) is 6.42. The first-order valence-corrected chi connectivity index (χ1v) is 9.94. The molecule has 0 spiro atoms. The van der Waals surface area contributed by atoms with Gasteiger partial charge < -0.3 is 15.6 Å². The van der Waals surface area contributed by atoms with E-state index in [2.05, 4.69) is 89.0 Å². The largest absolute Gasteiger partial charge is 0.396 e. The maximum Gasteiger partial charge on any atom is 0.0829 e. The molecule has 0 bridgehead atoms. The average molecular weight is 379 g/mol. The molecule has 0 unspecified atom stereocenters. The van der Waals surface area contributed by atoms with Crippen molar-refractivity contribution in [3.05, 3.63) is 65.2 Å². The van der Waals surface area contributed by atoms with Gasteiger partial charge in [0.15, 0.2) is 0 Å². The normalized spacial score (nSPS) is 17.5. The number of rotatable bonds is 3. The zero-order valence-electron chi connectivity index (χ0n) is 18.1. The summed E-state index contributed by atoms with van der Waals surface area (Å²) in [6.07, 6.45) is 0. The summed E-state index contributed by atoms with van der Waals surface area (Å²) in [6.45, 7) is 12.8. The first-order chi connectivity index (χ1) is 13.0. The Balaban J connectivity index is 2.20. The van der Waals surface area contributed by atoms with Gasteiger partial charge in [0, 0.05) is 37.0 Å². The Hall–Kier alpha value is -2.46. The number of hydrazine groups is 1. The second kappa shape index (κ2) is 7.17. The summed E-state index contributed by atoms with van der Waals surface area (Å²) in [5, 5.41) is 1.86. The van der Waals surface area contributed by atoms with Crippen molar-refractivity contribution in [3.63, 3.8) is 0 Å². The predicted molar refractivity (Wildman–Crippen MR) is 120 cm³/mol. The van der Waals surface area contributed by atoms with E-state index in [9.17, 15) is 0 Å². The highest BCUT2D eigenvalue weighted by molar-refractivity contribution is 5.93. The smallest absolute Gasteiger partial charge is 0.0829 e. The highest BCUT2D eigenvalue weighted by Gasteiger charge is 2.35. The van der Waals surface area contributed by atoms with Gasteiger partial charge in [-0.25, -0.2) is 5.84 Å². The van der Waals surface area contributed by atoms with E-state index in [4.69, 9.17) is 11.6 Å². The molecule has 0 atom stereocenters. The number of para-hydroxylation sites is 1. The van der Waals surface area contributed by atoms with Crippen LogP contribution in [0.25, 0.3) is 11.4 Å².